The van der Waals surface area contributed by atoms with Crippen molar-refractivity contribution in [3.05, 3.63) is 53.9 Å². The Morgan fingerprint density at radius 3 is 2.61 bits per heavy atom. The standard InChI is InChI=1S/C22H31N5O/c1-4-17-8-10-18(11-9-17)20(26(2)3)15-25-21(28)19-7-5-14-27(16-19)22-23-12-6-13-24-22/h6,8-13,19-20H,4-5,7,14-16H2,1-3H3,(H,25,28). The molecular formula is C22H31N5O. The van der Waals surface area contributed by atoms with E-state index < -0.39 is 0 Å². The number of aromatic nitrogens is 2. The highest BCUT2D eigenvalue weighted by atomic mass is 16.1. The first-order valence-corrected chi connectivity index (χ1v) is 10.1. The smallest absolute Gasteiger partial charge is 0.225 e. The van der Waals surface area contributed by atoms with Gasteiger partial charge in [0.15, 0.2) is 0 Å². The molecule has 2 aromatic rings. The predicted molar refractivity (Wildman–Crippen MR) is 112 cm³/mol. The van der Waals surface area contributed by atoms with Crippen LogP contribution in [0.5, 0.6) is 0 Å². The van der Waals surface area contributed by atoms with Crippen molar-refractivity contribution in [3.8, 4) is 0 Å². The second-order valence-corrected chi connectivity index (χ2v) is 7.65. The Morgan fingerprint density at radius 2 is 1.96 bits per heavy atom. The number of carbonyl (C=O) groups is 1. The number of hydrogen-bond acceptors (Lipinski definition) is 5. The van der Waals surface area contributed by atoms with Gasteiger partial charge in [0.25, 0.3) is 0 Å². The summed E-state index contributed by atoms with van der Waals surface area (Å²) in [6.07, 6.45) is 6.42. The van der Waals surface area contributed by atoms with Crippen molar-refractivity contribution in [3.63, 3.8) is 0 Å². The zero-order valence-electron chi connectivity index (χ0n) is 17.1. The number of carbonyl (C=O) groups excluding carboxylic acids is 1. The Morgan fingerprint density at radius 1 is 1.25 bits per heavy atom. The summed E-state index contributed by atoms with van der Waals surface area (Å²) in [5, 5.41) is 3.18. The summed E-state index contributed by atoms with van der Waals surface area (Å²) in [5.41, 5.74) is 2.56. The first-order valence-electron chi connectivity index (χ1n) is 10.1. The molecular weight excluding hydrogens is 350 g/mol. The molecule has 0 spiro atoms. The number of benzene rings is 1. The quantitative estimate of drug-likeness (QED) is 0.799. The summed E-state index contributed by atoms with van der Waals surface area (Å²) in [7, 11) is 4.11. The van der Waals surface area contributed by atoms with Gasteiger partial charge in [0.05, 0.1) is 12.0 Å². The van der Waals surface area contributed by atoms with Gasteiger partial charge in [-0.15, -0.1) is 0 Å². The van der Waals surface area contributed by atoms with E-state index in [4.69, 9.17) is 0 Å². The maximum absolute atomic E-state index is 12.8. The fourth-order valence-corrected chi connectivity index (χ4v) is 3.74. The third kappa shape index (κ3) is 5.07. The Bertz CT molecular complexity index is 747. The van der Waals surface area contributed by atoms with E-state index in [-0.39, 0.29) is 17.9 Å². The van der Waals surface area contributed by atoms with Crippen LogP contribution in [0.2, 0.25) is 0 Å². The molecule has 2 atom stereocenters. The lowest BCUT2D eigenvalue weighted by Gasteiger charge is -2.32. The molecule has 1 saturated heterocycles. The zero-order valence-corrected chi connectivity index (χ0v) is 17.1. The molecule has 1 aliphatic heterocycles. The van der Waals surface area contributed by atoms with E-state index in [0.717, 1.165) is 25.8 Å². The monoisotopic (exact) mass is 381 g/mol. The summed E-state index contributed by atoms with van der Waals surface area (Å²) < 4.78 is 0. The molecule has 0 bridgehead atoms. The van der Waals surface area contributed by atoms with Crippen LogP contribution in [0.4, 0.5) is 5.95 Å². The molecule has 2 unspecified atom stereocenters. The van der Waals surface area contributed by atoms with E-state index in [9.17, 15) is 4.79 Å². The van der Waals surface area contributed by atoms with Crippen LogP contribution >= 0.6 is 0 Å². The van der Waals surface area contributed by atoms with Crippen LogP contribution in [0.3, 0.4) is 0 Å². The summed E-state index contributed by atoms with van der Waals surface area (Å²) in [4.78, 5) is 25.8. The van der Waals surface area contributed by atoms with E-state index in [2.05, 4.69) is 70.4 Å². The number of aryl methyl sites for hydroxylation is 1. The fourth-order valence-electron chi connectivity index (χ4n) is 3.74. The van der Waals surface area contributed by atoms with Gasteiger partial charge < -0.3 is 15.1 Å². The first-order chi connectivity index (χ1) is 13.6. The van der Waals surface area contributed by atoms with Crippen molar-refractivity contribution in [1.29, 1.82) is 0 Å². The lowest BCUT2D eigenvalue weighted by Crippen LogP contribution is -2.45. The number of anilines is 1. The van der Waals surface area contributed by atoms with Gasteiger partial charge in [0, 0.05) is 32.0 Å². The van der Waals surface area contributed by atoms with Crippen molar-refractivity contribution < 1.29 is 4.79 Å². The van der Waals surface area contributed by atoms with Crippen LogP contribution in [-0.2, 0) is 11.2 Å². The van der Waals surface area contributed by atoms with Gasteiger partial charge in [0.2, 0.25) is 11.9 Å². The molecule has 0 radical (unpaired) electrons. The van der Waals surface area contributed by atoms with Gasteiger partial charge in [-0.25, -0.2) is 9.97 Å². The van der Waals surface area contributed by atoms with Gasteiger partial charge in [0.1, 0.15) is 0 Å². The number of rotatable bonds is 7. The number of hydrogen-bond donors (Lipinski definition) is 1. The van der Waals surface area contributed by atoms with Crippen molar-refractivity contribution in [2.75, 3.05) is 38.6 Å². The number of nitrogens with zero attached hydrogens (tertiary/aromatic N) is 4. The topological polar surface area (TPSA) is 61.4 Å². The van der Waals surface area contributed by atoms with Crippen LogP contribution in [0.15, 0.2) is 42.7 Å². The number of amides is 1. The largest absolute Gasteiger partial charge is 0.354 e. The van der Waals surface area contributed by atoms with E-state index in [1.54, 1.807) is 12.4 Å². The van der Waals surface area contributed by atoms with Gasteiger partial charge in [-0.3, -0.25) is 4.79 Å². The van der Waals surface area contributed by atoms with Gasteiger partial charge in [-0.2, -0.15) is 0 Å². The molecule has 1 aromatic carbocycles. The van der Waals surface area contributed by atoms with Gasteiger partial charge >= 0.3 is 0 Å². The van der Waals surface area contributed by atoms with Crippen molar-refractivity contribution >= 4 is 11.9 Å². The molecule has 28 heavy (non-hydrogen) atoms. The average Bonchev–Trinajstić information content (AvgIpc) is 2.74. The van der Waals surface area contributed by atoms with Crippen LogP contribution in [0.1, 0.15) is 36.9 Å². The second kappa shape index (κ2) is 9.64. The maximum Gasteiger partial charge on any atom is 0.225 e. The predicted octanol–water partition coefficient (Wildman–Crippen LogP) is 2.67. The van der Waals surface area contributed by atoms with E-state index in [1.165, 1.54) is 11.1 Å². The molecule has 1 aliphatic rings. The Labute approximate surface area is 168 Å². The maximum atomic E-state index is 12.8. The highest BCUT2D eigenvalue weighted by Crippen LogP contribution is 2.22. The molecule has 6 nitrogen and oxygen atoms in total. The highest BCUT2D eigenvalue weighted by Gasteiger charge is 2.27. The number of likely N-dealkylation sites (N-methyl/N-ethyl adjacent to an activating group) is 1. The average molecular weight is 382 g/mol. The Balaban J connectivity index is 1.59. The third-order valence-corrected chi connectivity index (χ3v) is 5.49. The summed E-state index contributed by atoms with van der Waals surface area (Å²) in [6.45, 7) is 4.34. The number of nitrogens with one attached hydrogen (secondary N) is 1. The minimum Gasteiger partial charge on any atom is -0.354 e. The van der Waals surface area contributed by atoms with Gasteiger partial charge in [-0.1, -0.05) is 31.2 Å². The molecule has 1 fully saturated rings. The fraction of sp³-hybridized carbons (Fsp3) is 0.500. The molecule has 1 amide bonds. The summed E-state index contributed by atoms with van der Waals surface area (Å²) >= 11 is 0. The van der Waals surface area contributed by atoms with Crippen LogP contribution < -0.4 is 10.2 Å². The SMILES string of the molecule is CCc1ccc(C(CNC(=O)C2CCCN(c3ncccn3)C2)N(C)C)cc1. The van der Waals surface area contributed by atoms with Crippen LogP contribution in [-0.4, -0.2) is 54.5 Å². The van der Waals surface area contributed by atoms with Crippen LogP contribution in [0, 0.1) is 5.92 Å². The summed E-state index contributed by atoms with van der Waals surface area (Å²) in [6, 6.07) is 10.7. The number of piperidine rings is 1. The van der Waals surface area contributed by atoms with Crippen LogP contribution in [0.25, 0.3) is 0 Å². The van der Waals surface area contributed by atoms with E-state index in [0.29, 0.717) is 19.0 Å². The summed E-state index contributed by atoms with van der Waals surface area (Å²) in [5.74, 6) is 0.808. The van der Waals surface area contributed by atoms with E-state index >= 15 is 0 Å². The molecule has 150 valence electrons. The minimum absolute atomic E-state index is 0.0252. The van der Waals surface area contributed by atoms with Crippen molar-refractivity contribution in [2.24, 2.45) is 5.92 Å². The molecule has 6 heteroatoms. The van der Waals surface area contributed by atoms with Crippen molar-refractivity contribution in [1.82, 2.24) is 20.2 Å². The molecule has 0 aliphatic carbocycles. The lowest BCUT2D eigenvalue weighted by molar-refractivity contribution is -0.125. The normalized spacial score (nSPS) is 18.1. The zero-order chi connectivity index (χ0) is 19.9. The second-order valence-electron chi connectivity index (χ2n) is 7.65. The Kier molecular flexibility index (Phi) is 6.98. The highest BCUT2D eigenvalue weighted by molar-refractivity contribution is 5.79. The molecule has 1 N–H and O–H groups in total. The molecule has 0 saturated carbocycles. The Hall–Kier alpha value is -2.47. The lowest BCUT2D eigenvalue weighted by atomic mass is 9.97. The van der Waals surface area contributed by atoms with E-state index in [1.807, 2.05) is 6.07 Å². The van der Waals surface area contributed by atoms with Crippen molar-refractivity contribution in [2.45, 2.75) is 32.2 Å². The minimum atomic E-state index is -0.0252. The molecule has 3 rings (SSSR count). The third-order valence-electron chi connectivity index (χ3n) is 5.49. The van der Waals surface area contributed by atoms with Gasteiger partial charge in [-0.05, 0) is 50.6 Å². The molecule has 1 aromatic heterocycles. The first kappa shape index (κ1) is 20.3. The molecule has 2 heterocycles.